The average molecular weight is 290 g/mol. The lowest BCUT2D eigenvalue weighted by Crippen LogP contribution is -2.50. The smallest absolute Gasteiger partial charge is 0.354 e. The summed E-state index contributed by atoms with van der Waals surface area (Å²) in [7, 11) is 0. The number of carboxylic acids is 1. The van der Waals surface area contributed by atoms with Crippen LogP contribution in [-0.4, -0.2) is 53.2 Å². The molecule has 6 heteroatoms. The number of hydrogen-bond donors (Lipinski definition) is 2. The maximum Gasteiger partial charge on any atom is 0.354 e. The van der Waals surface area contributed by atoms with Crippen LogP contribution in [0.2, 0.25) is 0 Å². The second kappa shape index (κ2) is 5.89. The topological polar surface area (TPSA) is 82.7 Å². The molecule has 0 unspecified atom stereocenters. The van der Waals surface area contributed by atoms with Crippen molar-refractivity contribution in [2.75, 3.05) is 36.8 Å². The summed E-state index contributed by atoms with van der Waals surface area (Å²) in [4.78, 5) is 19.9. The normalized spacial score (nSPS) is 20.9. The van der Waals surface area contributed by atoms with Gasteiger partial charge >= 0.3 is 5.97 Å². The van der Waals surface area contributed by atoms with Crippen molar-refractivity contribution in [1.29, 1.82) is 0 Å². The number of hydrogen-bond acceptors (Lipinski definition) is 5. The lowest BCUT2D eigenvalue weighted by Gasteiger charge is -2.38. The summed E-state index contributed by atoms with van der Waals surface area (Å²) < 4.78 is 0. The summed E-state index contributed by atoms with van der Waals surface area (Å²) in [6, 6.07) is 3.83. The summed E-state index contributed by atoms with van der Waals surface area (Å²) in [6.45, 7) is 3.72. The lowest BCUT2D eigenvalue weighted by molar-refractivity contribution is 0.0690. The van der Waals surface area contributed by atoms with Gasteiger partial charge in [0.1, 0.15) is 0 Å². The second-order valence-electron chi connectivity index (χ2n) is 5.88. The maximum atomic E-state index is 11.0. The van der Waals surface area contributed by atoms with Gasteiger partial charge in [-0.3, -0.25) is 4.90 Å². The molecule has 2 heterocycles. The van der Waals surface area contributed by atoms with E-state index in [0.717, 1.165) is 32.2 Å². The fourth-order valence-electron chi connectivity index (χ4n) is 3.40. The third-order valence-corrected chi connectivity index (χ3v) is 4.58. The maximum absolute atomic E-state index is 11.0. The highest BCUT2D eigenvalue weighted by Crippen LogP contribution is 2.27. The van der Waals surface area contributed by atoms with Gasteiger partial charge in [-0.05, 0) is 25.0 Å². The molecule has 6 nitrogen and oxygen atoms in total. The van der Waals surface area contributed by atoms with Crippen LogP contribution in [0.25, 0.3) is 0 Å². The van der Waals surface area contributed by atoms with Crippen molar-refractivity contribution in [3.63, 3.8) is 0 Å². The number of aromatic carboxylic acids is 1. The number of carbonyl (C=O) groups is 1. The van der Waals surface area contributed by atoms with E-state index >= 15 is 0 Å². The molecular formula is C15H22N4O2. The van der Waals surface area contributed by atoms with Crippen molar-refractivity contribution >= 4 is 17.5 Å². The van der Waals surface area contributed by atoms with Gasteiger partial charge in [0, 0.05) is 32.2 Å². The molecule has 1 aromatic heterocycles. The van der Waals surface area contributed by atoms with E-state index in [1.807, 2.05) is 0 Å². The number of pyridine rings is 1. The van der Waals surface area contributed by atoms with Crippen LogP contribution in [0.5, 0.6) is 0 Å². The van der Waals surface area contributed by atoms with Crippen LogP contribution in [0.15, 0.2) is 12.1 Å². The van der Waals surface area contributed by atoms with E-state index < -0.39 is 5.97 Å². The van der Waals surface area contributed by atoms with Gasteiger partial charge in [0.25, 0.3) is 0 Å². The predicted molar refractivity (Wildman–Crippen MR) is 81.7 cm³/mol. The molecule has 1 saturated heterocycles. The predicted octanol–water partition coefficient (Wildman–Crippen LogP) is 1.43. The third kappa shape index (κ3) is 2.95. The Hall–Kier alpha value is -1.82. The Morgan fingerprint density at radius 3 is 2.48 bits per heavy atom. The highest BCUT2D eigenvalue weighted by Gasteiger charge is 2.27. The highest BCUT2D eigenvalue weighted by molar-refractivity contribution is 5.87. The van der Waals surface area contributed by atoms with Crippen LogP contribution in [0.4, 0.5) is 11.5 Å². The fourth-order valence-corrected chi connectivity index (χ4v) is 3.40. The van der Waals surface area contributed by atoms with E-state index in [4.69, 9.17) is 10.8 Å². The first kappa shape index (κ1) is 14.1. The Balaban J connectivity index is 1.68. The van der Waals surface area contributed by atoms with Crippen LogP contribution in [0.1, 0.15) is 36.2 Å². The van der Waals surface area contributed by atoms with Crippen molar-refractivity contribution in [3.05, 3.63) is 17.8 Å². The minimum Gasteiger partial charge on any atom is -0.477 e. The number of nitrogens with zero attached hydrogens (tertiary/aromatic N) is 3. The summed E-state index contributed by atoms with van der Waals surface area (Å²) >= 11 is 0. The van der Waals surface area contributed by atoms with Crippen molar-refractivity contribution in [2.24, 2.45) is 0 Å². The second-order valence-corrected chi connectivity index (χ2v) is 5.88. The van der Waals surface area contributed by atoms with E-state index in [-0.39, 0.29) is 5.69 Å². The number of aromatic nitrogens is 1. The molecule has 3 N–H and O–H groups in total. The van der Waals surface area contributed by atoms with Gasteiger partial charge in [-0.15, -0.1) is 0 Å². The first-order chi connectivity index (χ1) is 10.1. The number of nitrogens with two attached hydrogens (primary N) is 1. The van der Waals surface area contributed by atoms with Gasteiger partial charge in [0.2, 0.25) is 0 Å². The third-order valence-electron chi connectivity index (χ3n) is 4.58. The summed E-state index contributed by atoms with van der Waals surface area (Å²) in [5.74, 6) is -0.401. The fraction of sp³-hybridized carbons (Fsp3) is 0.600. The zero-order valence-corrected chi connectivity index (χ0v) is 12.2. The van der Waals surface area contributed by atoms with Crippen molar-refractivity contribution < 1.29 is 9.90 Å². The van der Waals surface area contributed by atoms with Gasteiger partial charge in [-0.1, -0.05) is 12.8 Å². The van der Waals surface area contributed by atoms with Gasteiger partial charge in [-0.2, -0.15) is 0 Å². The Labute approximate surface area is 124 Å². The van der Waals surface area contributed by atoms with E-state index in [0.29, 0.717) is 11.5 Å². The lowest BCUT2D eigenvalue weighted by atomic mass is 10.1. The largest absolute Gasteiger partial charge is 0.477 e. The van der Waals surface area contributed by atoms with Crippen molar-refractivity contribution in [3.8, 4) is 0 Å². The molecule has 0 atom stereocenters. The zero-order chi connectivity index (χ0) is 14.8. The van der Waals surface area contributed by atoms with Crippen LogP contribution < -0.4 is 10.6 Å². The Kier molecular flexibility index (Phi) is 3.96. The van der Waals surface area contributed by atoms with Gasteiger partial charge in [0.15, 0.2) is 11.5 Å². The molecule has 0 bridgehead atoms. The number of rotatable bonds is 3. The molecule has 1 aromatic rings. The van der Waals surface area contributed by atoms with E-state index in [9.17, 15) is 4.79 Å². The van der Waals surface area contributed by atoms with Crippen molar-refractivity contribution in [2.45, 2.75) is 31.7 Å². The van der Waals surface area contributed by atoms with Crippen LogP contribution in [0.3, 0.4) is 0 Å². The number of carboxylic acid groups (broad SMARTS) is 1. The molecular weight excluding hydrogens is 268 g/mol. The molecule has 2 aliphatic rings. The Bertz CT molecular complexity index is 520. The summed E-state index contributed by atoms with van der Waals surface area (Å²) in [5.41, 5.74) is 6.57. The molecule has 1 aliphatic carbocycles. The Morgan fingerprint density at radius 2 is 1.86 bits per heavy atom. The van der Waals surface area contributed by atoms with E-state index in [2.05, 4.69) is 14.8 Å². The SMILES string of the molecule is Nc1ccc(C(=O)O)nc1N1CCN(C2CCCC2)CC1. The molecule has 1 saturated carbocycles. The molecule has 3 rings (SSSR count). The zero-order valence-electron chi connectivity index (χ0n) is 12.2. The summed E-state index contributed by atoms with van der Waals surface area (Å²) in [5, 5.41) is 9.05. The van der Waals surface area contributed by atoms with Gasteiger partial charge in [-0.25, -0.2) is 9.78 Å². The highest BCUT2D eigenvalue weighted by atomic mass is 16.4. The number of anilines is 2. The minimum absolute atomic E-state index is 0.0532. The van der Waals surface area contributed by atoms with Gasteiger partial charge in [0.05, 0.1) is 5.69 Å². The first-order valence-electron chi connectivity index (χ1n) is 7.64. The van der Waals surface area contributed by atoms with Crippen LogP contribution >= 0.6 is 0 Å². The van der Waals surface area contributed by atoms with E-state index in [1.54, 1.807) is 6.07 Å². The average Bonchev–Trinajstić information content (AvgIpc) is 3.02. The molecule has 2 fully saturated rings. The molecule has 0 radical (unpaired) electrons. The molecule has 0 aromatic carbocycles. The molecule has 0 amide bonds. The number of nitrogen functional groups attached to an aromatic ring is 1. The van der Waals surface area contributed by atoms with E-state index in [1.165, 1.54) is 31.7 Å². The monoisotopic (exact) mass is 290 g/mol. The van der Waals surface area contributed by atoms with Gasteiger partial charge < -0.3 is 15.7 Å². The quantitative estimate of drug-likeness (QED) is 0.876. The summed E-state index contributed by atoms with van der Waals surface area (Å²) in [6.07, 6.45) is 5.32. The van der Waals surface area contributed by atoms with Crippen molar-refractivity contribution in [1.82, 2.24) is 9.88 Å². The van der Waals surface area contributed by atoms with Crippen LogP contribution in [0, 0.1) is 0 Å². The standard InChI is InChI=1S/C15H22N4O2/c16-12-5-6-13(15(20)21)17-14(12)19-9-7-18(8-10-19)11-3-1-2-4-11/h5-6,11H,1-4,7-10,16H2,(H,20,21). The van der Waals surface area contributed by atoms with Crippen LogP contribution in [-0.2, 0) is 0 Å². The minimum atomic E-state index is -1.01. The Morgan fingerprint density at radius 1 is 1.19 bits per heavy atom. The molecule has 0 spiro atoms. The molecule has 114 valence electrons. The molecule has 21 heavy (non-hydrogen) atoms. The first-order valence-corrected chi connectivity index (χ1v) is 7.64. The molecule has 1 aliphatic heterocycles. The number of piperazine rings is 1.